The molecule has 0 fully saturated rings. The summed E-state index contributed by atoms with van der Waals surface area (Å²) < 4.78 is 19.3. The van der Waals surface area contributed by atoms with Crippen molar-refractivity contribution in [2.45, 2.75) is 39.9 Å². The summed E-state index contributed by atoms with van der Waals surface area (Å²) in [6.45, 7) is 8.09. The molecule has 0 spiro atoms. The topological polar surface area (TPSA) is 45.0 Å². The van der Waals surface area contributed by atoms with Crippen LogP contribution in [-0.2, 0) is 0 Å². The molecule has 4 aromatic rings. The van der Waals surface area contributed by atoms with Crippen LogP contribution in [0, 0.1) is 0 Å². The van der Waals surface area contributed by atoms with Gasteiger partial charge >= 0.3 is 0 Å². The van der Waals surface area contributed by atoms with Crippen molar-refractivity contribution in [3.05, 3.63) is 67.0 Å². The van der Waals surface area contributed by atoms with E-state index in [9.17, 15) is 0 Å². The smallest absolute Gasteiger partial charge is 0.140 e. The first-order valence-corrected chi connectivity index (χ1v) is 10.5. The summed E-state index contributed by atoms with van der Waals surface area (Å²) in [4.78, 5) is 4.59. The molecular formula is C26H28N2O3. The third kappa shape index (κ3) is 4.50. The molecule has 5 nitrogen and oxygen atoms in total. The summed E-state index contributed by atoms with van der Waals surface area (Å²) in [5, 5.41) is 0. The SMILES string of the molecule is COc1cc2ncc(-c3ccc(OC(C)C)cc3)n2cc1-c1ccc(OC(C)C)cc1. The zero-order valence-electron chi connectivity index (χ0n) is 18.6. The first kappa shape index (κ1) is 20.8. The van der Waals surface area contributed by atoms with E-state index in [-0.39, 0.29) is 12.2 Å². The quantitative estimate of drug-likeness (QED) is 0.357. The van der Waals surface area contributed by atoms with Crippen molar-refractivity contribution in [1.29, 1.82) is 0 Å². The normalized spacial score (nSPS) is 11.3. The third-order valence-corrected chi connectivity index (χ3v) is 4.89. The van der Waals surface area contributed by atoms with Gasteiger partial charge in [0.1, 0.15) is 22.9 Å². The van der Waals surface area contributed by atoms with Crippen LogP contribution in [0.2, 0.25) is 0 Å². The molecule has 5 heteroatoms. The second kappa shape index (κ2) is 8.72. The second-order valence-electron chi connectivity index (χ2n) is 8.01. The number of hydrogen-bond acceptors (Lipinski definition) is 4. The second-order valence-corrected chi connectivity index (χ2v) is 8.01. The van der Waals surface area contributed by atoms with Gasteiger partial charge in [-0.2, -0.15) is 0 Å². The number of pyridine rings is 1. The monoisotopic (exact) mass is 416 g/mol. The Kier molecular flexibility index (Phi) is 5.85. The standard InChI is InChI=1S/C26H28N2O3/c1-17(2)30-21-10-6-19(7-11-21)23-16-28-24(15-27-26(28)14-25(23)29-5)20-8-12-22(13-9-20)31-18(3)4/h6-18H,1-5H3. The van der Waals surface area contributed by atoms with Crippen LogP contribution in [0.3, 0.4) is 0 Å². The maximum absolute atomic E-state index is 5.77. The predicted octanol–water partition coefficient (Wildman–Crippen LogP) is 6.25. The highest BCUT2D eigenvalue weighted by Gasteiger charge is 2.13. The number of methoxy groups -OCH3 is 1. The van der Waals surface area contributed by atoms with Gasteiger partial charge in [0.05, 0.1) is 31.2 Å². The minimum absolute atomic E-state index is 0.141. The zero-order chi connectivity index (χ0) is 22.0. The summed E-state index contributed by atoms with van der Waals surface area (Å²) in [6.07, 6.45) is 4.25. The fourth-order valence-electron chi connectivity index (χ4n) is 3.57. The maximum atomic E-state index is 5.77. The van der Waals surface area contributed by atoms with E-state index in [1.165, 1.54) is 0 Å². The summed E-state index contributed by atoms with van der Waals surface area (Å²) in [5.41, 5.74) is 4.95. The number of nitrogens with zero attached hydrogens (tertiary/aromatic N) is 2. The van der Waals surface area contributed by atoms with Crippen LogP contribution in [0.5, 0.6) is 17.2 Å². The minimum Gasteiger partial charge on any atom is -0.496 e. The Bertz CT molecular complexity index is 1160. The average molecular weight is 417 g/mol. The van der Waals surface area contributed by atoms with E-state index in [0.717, 1.165) is 45.3 Å². The Balaban J connectivity index is 1.74. The van der Waals surface area contributed by atoms with Crippen LogP contribution in [0.15, 0.2) is 67.0 Å². The molecule has 0 unspecified atom stereocenters. The average Bonchev–Trinajstić information content (AvgIpc) is 3.16. The predicted molar refractivity (Wildman–Crippen MR) is 124 cm³/mol. The molecular weight excluding hydrogens is 388 g/mol. The van der Waals surface area contributed by atoms with Gasteiger partial charge in [-0.3, -0.25) is 4.40 Å². The summed E-state index contributed by atoms with van der Waals surface area (Å²) >= 11 is 0. The zero-order valence-corrected chi connectivity index (χ0v) is 18.6. The fraction of sp³-hybridized carbons (Fsp3) is 0.269. The van der Waals surface area contributed by atoms with Crippen molar-refractivity contribution in [3.8, 4) is 39.6 Å². The van der Waals surface area contributed by atoms with Gasteiger partial charge in [-0.1, -0.05) is 12.1 Å². The van der Waals surface area contributed by atoms with Gasteiger partial charge in [0.25, 0.3) is 0 Å². The van der Waals surface area contributed by atoms with Crippen LogP contribution in [0.4, 0.5) is 0 Å². The lowest BCUT2D eigenvalue weighted by Crippen LogP contribution is -2.05. The Labute approximate surface area is 183 Å². The van der Waals surface area contributed by atoms with Gasteiger partial charge in [-0.15, -0.1) is 0 Å². The van der Waals surface area contributed by atoms with Gasteiger partial charge < -0.3 is 14.2 Å². The summed E-state index contributed by atoms with van der Waals surface area (Å²) in [7, 11) is 1.68. The molecule has 0 atom stereocenters. The van der Waals surface area contributed by atoms with Crippen LogP contribution < -0.4 is 14.2 Å². The van der Waals surface area contributed by atoms with Crippen molar-refractivity contribution in [2.75, 3.05) is 7.11 Å². The third-order valence-electron chi connectivity index (χ3n) is 4.89. The number of rotatable bonds is 7. The van der Waals surface area contributed by atoms with Crippen molar-refractivity contribution >= 4 is 5.65 Å². The highest BCUT2D eigenvalue weighted by atomic mass is 16.5. The van der Waals surface area contributed by atoms with Crippen LogP contribution in [0.25, 0.3) is 28.0 Å². The molecule has 0 bridgehead atoms. The molecule has 0 saturated carbocycles. The van der Waals surface area contributed by atoms with Gasteiger partial charge in [-0.05, 0) is 69.7 Å². The number of imidazole rings is 1. The largest absolute Gasteiger partial charge is 0.496 e. The number of ether oxygens (including phenoxy) is 3. The van der Waals surface area contributed by atoms with Gasteiger partial charge in [0.2, 0.25) is 0 Å². The van der Waals surface area contributed by atoms with E-state index >= 15 is 0 Å². The van der Waals surface area contributed by atoms with Gasteiger partial charge in [-0.25, -0.2) is 4.98 Å². The molecule has 2 heterocycles. The summed E-state index contributed by atoms with van der Waals surface area (Å²) in [6, 6.07) is 18.1. The van der Waals surface area contributed by atoms with Gasteiger partial charge in [0, 0.05) is 23.4 Å². The molecule has 160 valence electrons. The molecule has 0 amide bonds. The molecule has 0 aliphatic heterocycles. The molecule has 0 radical (unpaired) electrons. The molecule has 0 saturated heterocycles. The molecule has 0 aliphatic carbocycles. The molecule has 0 aliphatic rings. The van der Waals surface area contributed by atoms with E-state index in [1.807, 2.05) is 64.2 Å². The minimum atomic E-state index is 0.141. The van der Waals surface area contributed by atoms with Crippen LogP contribution in [-0.4, -0.2) is 28.7 Å². The molecule has 31 heavy (non-hydrogen) atoms. The van der Waals surface area contributed by atoms with Crippen molar-refractivity contribution in [3.63, 3.8) is 0 Å². The van der Waals surface area contributed by atoms with Crippen LogP contribution >= 0.6 is 0 Å². The van der Waals surface area contributed by atoms with Crippen molar-refractivity contribution in [2.24, 2.45) is 0 Å². The first-order valence-electron chi connectivity index (χ1n) is 10.5. The first-order chi connectivity index (χ1) is 14.9. The van der Waals surface area contributed by atoms with E-state index < -0.39 is 0 Å². The van der Waals surface area contributed by atoms with Crippen molar-refractivity contribution in [1.82, 2.24) is 9.38 Å². The van der Waals surface area contributed by atoms with E-state index in [2.05, 4.69) is 39.8 Å². The van der Waals surface area contributed by atoms with Crippen molar-refractivity contribution < 1.29 is 14.2 Å². The lowest BCUT2D eigenvalue weighted by molar-refractivity contribution is 0.242. The summed E-state index contributed by atoms with van der Waals surface area (Å²) in [5.74, 6) is 2.49. The molecule has 2 aromatic carbocycles. The lowest BCUT2D eigenvalue weighted by Gasteiger charge is -2.13. The van der Waals surface area contributed by atoms with E-state index in [4.69, 9.17) is 14.2 Å². The Morgan fingerprint density at radius 2 is 1.32 bits per heavy atom. The maximum Gasteiger partial charge on any atom is 0.140 e. The lowest BCUT2D eigenvalue weighted by atomic mass is 10.1. The highest BCUT2D eigenvalue weighted by molar-refractivity contribution is 5.75. The van der Waals surface area contributed by atoms with E-state index in [1.54, 1.807) is 7.11 Å². The molecule has 0 N–H and O–H groups in total. The van der Waals surface area contributed by atoms with E-state index in [0.29, 0.717) is 0 Å². The molecule has 2 aromatic heterocycles. The number of benzene rings is 2. The number of hydrogen-bond donors (Lipinski definition) is 0. The highest BCUT2D eigenvalue weighted by Crippen LogP contribution is 2.34. The molecule has 4 rings (SSSR count). The Hall–Kier alpha value is -3.47. The Morgan fingerprint density at radius 1 is 0.774 bits per heavy atom. The fourth-order valence-corrected chi connectivity index (χ4v) is 3.57. The van der Waals surface area contributed by atoms with Crippen LogP contribution in [0.1, 0.15) is 27.7 Å². The number of aromatic nitrogens is 2. The van der Waals surface area contributed by atoms with Gasteiger partial charge in [0.15, 0.2) is 0 Å². The Morgan fingerprint density at radius 3 is 1.84 bits per heavy atom. The number of fused-ring (bicyclic) bond motifs is 1.